The Hall–Kier alpha value is -0.0400. The molecule has 0 unspecified atom stereocenters. The van der Waals surface area contributed by atoms with Gasteiger partial charge < -0.3 is 15.5 Å². The van der Waals surface area contributed by atoms with Crippen LogP contribution in [-0.2, 0) is 0 Å². The first-order valence-corrected chi connectivity index (χ1v) is 6.23. The number of guanidine groups is 1. The van der Waals surface area contributed by atoms with Crippen molar-refractivity contribution in [1.82, 2.24) is 15.5 Å². The summed E-state index contributed by atoms with van der Waals surface area (Å²) in [6, 6.07) is 0. The number of nitrogens with one attached hydrogen (secondary N) is 2. The highest BCUT2D eigenvalue weighted by molar-refractivity contribution is 14.0. The number of hydrogen-bond acceptors (Lipinski definition) is 2. The predicted octanol–water partition coefficient (Wildman–Crippen LogP) is 1.77. The molecule has 0 aromatic carbocycles. The van der Waals surface area contributed by atoms with Crippen molar-refractivity contribution >= 4 is 29.9 Å². The van der Waals surface area contributed by atoms with E-state index in [4.69, 9.17) is 0 Å². The molecule has 4 nitrogen and oxygen atoms in total. The molecule has 0 radical (unpaired) electrons. The van der Waals surface area contributed by atoms with Crippen molar-refractivity contribution in [2.75, 3.05) is 40.3 Å². The lowest BCUT2D eigenvalue weighted by Crippen LogP contribution is -2.41. The van der Waals surface area contributed by atoms with Gasteiger partial charge in [0, 0.05) is 26.7 Å². The highest BCUT2D eigenvalue weighted by Gasteiger charge is 1.99. The number of halogens is 1. The van der Waals surface area contributed by atoms with Crippen molar-refractivity contribution in [2.45, 2.75) is 27.2 Å². The maximum absolute atomic E-state index is 4.18. The Balaban J connectivity index is 0. The summed E-state index contributed by atoms with van der Waals surface area (Å²) < 4.78 is 0. The first-order valence-electron chi connectivity index (χ1n) is 6.23. The first kappa shape index (κ1) is 19.3. The summed E-state index contributed by atoms with van der Waals surface area (Å²) in [6.07, 6.45) is 1.18. The summed E-state index contributed by atoms with van der Waals surface area (Å²) in [5.41, 5.74) is 0. The van der Waals surface area contributed by atoms with Crippen molar-refractivity contribution in [2.24, 2.45) is 10.9 Å². The second-order valence-corrected chi connectivity index (χ2v) is 4.50. The van der Waals surface area contributed by atoms with Gasteiger partial charge in [0.1, 0.15) is 0 Å². The molecule has 0 amide bonds. The van der Waals surface area contributed by atoms with E-state index in [2.05, 4.69) is 48.3 Å². The van der Waals surface area contributed by atoms with E-state index >= 15 is 0 Å². The summed E-state index contributed by atoms with van der Waals surface area (Å²) in [6.45, 7) is 10.7. The highest BCUT2D eigenvalue weighted by atomic mass is 127. The Morgan fingerprint density at radius 1 is 1.24 bits per heavy atom. The molecule has 2 N–H and O–H groups in total. The van der Waals surface area contributed by atoms with Gasteiger partial charge >= 0.3 is 0 Å². The zero-order chi connectivity index (χ0) is 12.4. The fraction of sp³-hybridized carbons (Fsp3) is 0.917. The Kier molecular flexibility index (Phi) is 14.1. The van der Waals surface area contributed by atoms with Crippen LogP contribution in [0.1, 0.15) is 27.2 Å². The largest absolute Gasteiger partial charge is 0.356 e. The van der Waals surface area contributed by atoms with Gasteiger partial charge in [0.15, 0.2) is 5.96 Å². The number of aliphatic imine (C=N–C) groups is 1. The van der Waals surface area contributed by atoms with Crippen LogP contribution in [0.2, 0.25) is 0 Å². The molecule has 0 aliphatic carbocycles. The average Bonchev–Trinajstić information content (AvgIpc) is 2.26. The normalized spacial score (nSPS) is 11.6. The Morgan fingerprint density at radius 2 is 1.82 bits per heavy atom. The molecule has 0 aliphatic rings. The zero-order valence-electron chi connectivity index (χ0n) is 11.9. The summed E-state index contributed by atoms with van der Waals surface area (Å²) >= 11 is 0. The molecule has 5 heteroatoms. The molecule has 0 saturated carbocycles. The molecule has 0 heterocycles. The molecular weight excluding hydrogens is 327 g/mol. The fourth-order valence-electron chi connectivity index (χ4n) is 1.22. The van der Waals surface area contributed by atoms with Gasteiger partial charge in [-0.3, -0.25) is 4.99 Å². The zero-order valence-corrected chi connectivity index (χ0v) is 14.2. The van der Waals surface area contributed by atoms with Crippen LogP contribution >= 0.6 is 24.0 Å². The Labute approximate surface area is 124 Å². The molecule has 0 atom stereocenters. The molecule has 0 spiro atoms. The van der Waals surface area contributed by atoms with Gasteiger partial charge in [0.2, 0.25) is 0 Å². The summed E-state index contributed by atoms with van der Waals surface area (Å²) in [5, 5.41) is 6.62. The third kappa shape index (κ3) is 12.2. The molecule has 0 rings (SSSR count). The van der Waals surface area contributed by atoms with Crippen LogP contribution < -0.4 is 10.6 Å². The van der Waals surface area contributed by atoms with Crippen LogP contribution in [0.25, 0.3) is 0 Å². The maximum Gasteiger partial charge on any atom is 0.191 e. The minimum Gasteiger partial charge on any atom is -0.356 e. The van der Waals surface area contributed by atoms with E-state index in [1.807, 2.05) is 7.05 Å². The maximum atomic E-state index is 4.18. The molecule has 0 fully saturated rings. The number of likely N-dealkylation sites (N-methyl/N-ethyl adjacent to an activating group) is 1. The quantitative estimate of drug-likeness (QED) is 0.415. The molecule has 17 heavy (non-hydrogen) atoms. The minimum atomic E-state index is 0. The van der Waals surface area contributed by atoms with E-state index in [-0.39, 0.29) is 24.0 Å². The van der Waals surface area contributed by atoms with Crippen molar-refractivity contribution in [3.05, 3.63) is 0 Å². The van der Waals surface area contributed by atoms with E-state index in [0.717, 1.165) is 38.1 Å². The predicted molar refractivity (Wildman–Crippen MR) is 87.4 cm³/mol. The minimum absolute atomic E-state index is 0. The van der Waals surface area contributed by atoms with Crippen LogP contribution in [0.5, 0.6) is 0 Å². The van der Waals surface area contributed by atoms with E-state index in [0.29, 0.717) is 0 Å². The van der Waals surface area contributed by atoms with Crippen molar-refractivity contribution in [1.29, 1.82) is 0 Å². The number of nitrogens with zero attached hydrogens (tertiary/aromatic N) is 2. The third-order valence-corrected chi connectivity index (χ3v) is 2.56. The second kappa shape index (κ2) is 12.4. The summed E-state index contributed by atoms with van der Waals surface area (Å²) in [4.78, 5) is 6.46. The molecular formula is C12H29IN4. The van der Waals surface area contributed by atoms with E-state index in [1.165, 1.54) is 6.42 Å². The number of hydrogen-bond donors (Lipinski definition) is 2. The van der Waals surface area contributed by atoms with Crippen molar-refractivity contribution in [3.63, 3.8) is 0 Å². The van der Waals surface area contributed by atoms with Gasteiger partial charge in [0.25, 0.3) is 0 Å². The lowest BCUT2D eigenvalue weighted by atomic mass is 10.1. The van der Waals surface area contributed by atoms with E-state index in [1.54, 1.807) is 0 Å². The molecule has 104 valence electrons. The lowest BCUT2D eigenvalue weighted by molar-refractivity contribution is 0.357. The molecule has 0 bridgehead atoms. The SMILES string of the molecule is CCN(C)CCNC(=NC)NCCC(C)C.I. The van der Waals surface area contributed by atoms with Crippen LogP contribution in [-0.4, -0.2) is 51.1 Å². The van der Waals surface area contributed by atoms with Gasteiger partial charge in [-0.25, -0.2) is 0 Å². The smallest absolute Gasteiger partial charge is 0.191 e. The molecule has 0 saturated heterocycles. The van der Waals surface area contributed by atoms with Crippen molar-refractivity contribution < 1.29 is 0 Å². The topological polar surface area (TPSA) is 39.7 Å². The standard InChI is InChI=1S/C12H28N4.HI/c1-6-16(5)10-9-15-12(13-4)14-8-7-11(2)3;/h11H,6-10H2,1-5H3,(H2,13,14,15);1H. The molecule has 0 aromatic heterocycles. The van der Waals surface area contributed by atoms with Gasteiger partial charge in [-0.15, -0.1) is 24.0 Å². The summed E-state index contributed by atoms with van der Waals surface area (Å²) in [5.74, 6) is 1.64. The molecule has 0 aromatic rings. The average molecular weight is 356 g/mol. The Morgan fingerprint density at radius 3 is 2.29 bits per heavy atom. The van der Waals surface area contributed by atoms with Crippen LogP contribution in [0.4, 0.5) is 0 Å². The van der Waals surface area contributed by atoms with Crippen molar-refractivity contribution in [3.8, 4) is 0 Å². The molecule has 0 aliphatic heterocycles. The van der Waals surface area contributed by atoms with Gasteiger partial charge in [-0.1, -0.05) is 20.8 Å². The Bertz CT molecular complexity index is 195. The summed E-state index contributed by atoms with van der Waals surface area (Å²) in [7, 11) is 3.94. The monoisotopic (exact) mass is 356 g/mol. The fourth-order valence-corrected chi connectivity index (χ4v) is 1.22. The highest BCUT2D eigenvalue weighted by Crippen LogP contribution is 1.95. The number of rotatable bonds is 7. The van der Waals surface area contributed by atoms with E-state index < -0.39 is 0 Å². The van der Waals surface area contributed by atoms with Gasteiger partial charge in [-0.2, -0.15) is 0 Å². The van der Waals surface area contributed by atoms with Gasteiger partial charge in [-0.05, 0) is 25.9 Å². The van der Waals surface area contributed by atoms with E-state index in [9.17, 15) is 0 Å². The van der Waals surface area contributed by atoms with Gasteiger partial charge in [0.05, 0.1) is 0 Å². The van der Waals surface area contributed by atoms with Crippen LogP contribution in [0.15, 0.2) is 4.99 Å². The first-order chi connectivity index (χ1) is 7.60. The third-order valence-electron chi connectivity index (χ3n) is 2.56. The lowest BCUT2D eigenvalue weighted by Gasteiger charge is -2.16. The second-order valence-electron chi connectivity index (χ2n) is 4.50. The van der Waals surface area contributed by atoms with Crippen LogP contribution in [0.3, 0.4) is 0 Å². The van der Waals surface area contributed by atoms with Crippen LogP contribution in [0, 0.1) is 5.92 Å².